The molecule has 1 amide bonds. The molecule has 114 valence electrons. The number of amides is 1. The monoisotopic (exact) mass is 291 g/mol. The SMILES string of the molecule is CCC1CCC(=O)N(CC(=O)Cc2ccc(F)cc2)CC1. The number of hydrogen-bond donors (Lipinski definition) is 0. The fraction of sp³-hybridized carbons (Fsp3) is 0.529. The summed E-state index contributed by atoms with van der Waals surface area (Å²) in [7, 11) is 0. The third-order valence-corrected chi connectivity index (χ3v) is 4.19. The maximum Gasteiger partial charge on any atom is 0.222 e. The first-order valence-electron chi connectivity index (χ1n) is 7.62. The average Bonchev–Trinajstić information content (AvgIpc) is 2.64. The Morgan fingerprint density at radius 2 is 2.00 bits per heavy atom. The van der Waals surface area contributed by atoms with Crippen LogP contribution in [0.2, 0.25) is 0 Å². The van der Waals surface area contributed by atoms with E-state index in [-0.39, 0.29) is 30.5 Å². The minimum atomic E-state index is -0.306. The van der Waals surface area contributed by atoms with Gasteiger partial charge >= 0.3 is 0 Å². The van der Waals surface area contributed by atoms with E-state index in [1.165, 1.54) is 12.1 Å². The van der Waals surface area contributed by atoms with Crippen molar-refractivity contribution in [2.24, 2.45) is 5.92 Å². The van der Waals surface area contributed by atoms with E-state index in [1.807, 2.05) is 0 Å². The van der Waals surface area contributed by atoms with Crippen molar-refractivity contribution in [3.8, 4) is 0 Å². The molecule has 1 heterocycles. The highest BCUT2D eigenvalue weighted by molar-refractivity contribution is 5.87. The number of ketones is 1. The van der Waals surface area contributed by atoms with Gasteiger partial charge in [0.25, 0.3) is 0 Å². The van der Waals surface area contributed by atoms with Crippen molar-refractivity contribution in [1.29, 1.82) is 0 Å². The number of carbonyl (C=O) groups is 2. The largest absolute Gasteiger partial charge is 0.335 e. The molecule has 2 rings (SSSR count). The number of carbonyl (C=O) groups excluding carboxylic acids is 2. The molecular formula is C17H22FNO2. The quantitative estimate of drug-likeness (QED) is 0.836. The van der Waals surface area contributed by atoms with E-state index in [2.05, 4.69) is 6.92 Å². The molecule has 0 bridgehead atoms. The lowest BCUT2D eigenvalue weighted by molar-refractivity contribution is -0.134. The van der Waals surface area contributed by atoms with Crippen LogP contribution in [0.3, 0.4) is 0 Å². The molecule has 0 spiro atoms. The second-order valence-corrected chi connectivity index (χ2v) is 5.76. The van der Waals surface area contributed by atoms with E-state index in [9.17, 15) is 14.0 Å². The van der Waals surface area contributed by atoms with Crippen molar-refractivity contribution in [3.05, 3.63) is 35.6 Å². The lowest BCUT2D eigenvalue weighted by Gasteiger charge is -2.20. The zero-order chi connectivity index (χ0) is 15.2. The Labute approximate surface area is 125 Å². The molecule has 1 aliphatic heterocycles. The van der Waals surface area contributed by atoms with E-state index in [4.69, 9.17) is 0 Å². The van der Waals surface area contributed by atoms with Gasteiger partial charge in [-0.25, -0.2) is 4.39 Å². The Kier molecular flexibility index (Phi) is 5.48. The number of rotatable bonds is 5. The molecule has 1 saturated heterocycles. The minimum absolute atomic E-state index is 0.00454. The summed E-state index contributed by atoms with van der Waals surface area (Å²) in [5.41, 5.74) is 0.787. The van der Waals surface area contributed by atoms with Gasteiger partial charge < -0.3 is 4.90 Å². The van der Waals surface area contributed by atoms with E-state index >= 15 is 0 Å². The molecule has 0 aliphatic carbocycles. The minimum Gasteiger partial charge on any atom is -0.335 e. The van der Waals surface area contributed by atoms with Crippen LogP contribution in [0.1, 0.15) is 38.2 Å². The maximum absolute atomic E-state index is 12.8. The van der Waals surface area contributed by atoms with Gasteiger partial charge in [-0.3, -0.25) is 9.59 Å². The van der Waals surface area contributed by atoms with Crippen molar-refractivity contribution < 1.29 is 14.0 Å². The number of nitrogens with zero attached hydrogens (tertiary/aromatic N) is 1. The summed E-state index contributed by atoms with van der Waals surface area (Å²) >= 11 is 0. The van der Waals surface area contributed by atoms with Gasteiger partial charge in [0.2, 0.25) is 5.91 Å². The highest BCUT2D eigenvalue weighted by Crippen LogP contribution is 2.21. The topological polar surface area (TPSA) is 37.4 Å². The third-order valence-electron chi connectivity index (χ3n) is 4.19. The maximum atomic E-state index is 12.8. The predicted molar refractivity (Wildman–Crippen MR) is 79.3 cm³/mol. The summed E-state index contributed by atoms with van der Waals surface area (Å²) in [5.74, 6) is 0.369. The molecular weight excluding hydrogens is 269 g/mol. The first-order valence-corrected chi connectivity index (χ1v) is 7.62. The van der Waals surface area contributed by atoms with Crippen LogP contribution in [0.5, 0.6) is 0 Å². The molecule has 4 heteroatoms. The Hall–Kier alpha value is -1.71. The molecule has 1 aliphatic rings. The van der Waals surface area contributed by atoms with Crippen LogP contribution >= 0.6 is 0 Å². The van der Waals surface area contributed by atoms with E-state index in [0.717, 1.165) is 24.8 Å². The van der Waals surface area contributed by atoms with Crippen LogP contribution in [0.25, 0.3) is 0 Å². The van der Waals surface area contributed by atoms with Crippen LogP contribution in [0.15, 0.2) is 24.3 Å². The van der Waals surface area contributed by atoms with Crippen molar-refractivity contribution in [2.75, 3.05) is 13.1 Å². The van der Waals surface area contributed by atoms with Crippen LogP contribution in [0.4, 0.5) is 4.39 Å². The van der Waals surface area contributed by atoms with Gasteiger partial charge in [0.15, 0.2) is 5.78 Å². The molecule has 1 unspecified atom stereocenters. The Bertz CT molecular complexity index is 498. The van der Waals surface area contributed by atoms with Crippen molar-refractivity contribution in [2.45, 2.75) is 39.0 Å². The molecule has 3 nitrogen and oxygen atoms in total. The molecule has 21 heavy (non-hydrogen) atoms. The van der Waals surface area contributed by atoms with Crippen molar-refractivity contribution >= 4 is 11.7 Å². The summed E-state index contributed by atoms with van der Waals surface area (Å²) in [6.45, 7) is 2.99. The van der Waals surface area contributed by atoms with Crippen LogP contribution < -0.4 is 0 Å². The first kappa shape index (κ1) is 15.7. The molecule has 0 N–H and O–H groups in total. The number of hydrogen-bond acceptors (Lipinski definition) is 2. The molecule has 0 aromatic heterocycles. The number of halogens is 1. The van der Waals surface area contributed by atoms with E-state index < -0.39 is 0 Å². The average molecular weight is 291 g/mol. The molecule has 1 aromatic rings. The van der Waals surface area contributed by atoms with Gasteiger partial charge in [-0.15, -0.1) is 0 Å². The van der Waals surface area contributed by atoms with Gasteiger partial charge in [0.05, 0.1) is 6.54 Å². The zero-order valence-corrected chi connectivity index (χ0v) is 12.5. The van der Waals surface area contributed by atoms with Crippen molar-refractivity contribution in [3.63, 3.8) is 0 Å². The Morgan fingerprint density at radius 3 is 2.67 bits per heavy atom. The van der Waals surface area contributed by atoms with Gasteiger partial charge in [-0.1, -0.05) is 25.5 Å². The van der Waals surface area contributed by atoms with E-state index in [0.29, 0.717) is 18.9 Å². The number of Topliss-reactive ketones (excluding diaryl/α,β-unsaturated/α-hetero) is 1. The predicted octanol–water partition coefficient (Wildman–Crippen LogP) is 2.98. The van der Waals surface area contributed by atoms with Gasteiger partial charge in [0, 0.05) is 19.4 Å². The molecule has 1 aromatic carbocycles. The second-order valence-electron chi connectivity index (χ2n) is 5.76. The van der Waals surface area contributed by atoms with Crippen LogP contribution in [0, 0.1) is 11.7 Å². The van der Waals surface area contributed by atoms with Gasteiger partial charge in [-0.2, -0.15) is 0 Å². The van der Waals surface area contributed by atoms with Crippen LogP contribution in [-0.4, -0.2) is 29.7 Å². The lowest BCUT2D eigenvalue weighted by Crippen LogP contribution is -2.35. The summed E-state index contributed by atoms with van der Waals surface area (Å²) in [6.07, 6.45) is 3.79. The molecule has 1 fully saturated rings. The number of benzene rings is 1. The number of likely N-dealkylation sites (tertiary alicyclic amines) is 1. The first-order chi connectivity index (χ1) is 10.1. The van der Waals surface area contributed by atoms with E-state index in [1.54, 1.807) is 17.0 Å². The summed E-state index contributed by atoms with van der Waals surface area (Å²) in [6, 6.07) is 5.94. The third kappa shape index (κ3) is 4.66. The fourth-order valence-electron chi connectivity index (χ4n) is 2.77. The zero-order valence-electron chi connectivity index (χ0n) is 12.5. The highest BCUT2D eigenvalue weighted by Gasteiger charge is 2.23. The smallest absolute Gasteiger partial charge is 0.222 e. The standard InChI is InChI=1S/C17H22FNO2/c1-2-13-5-8-17(21)19(10-9-13)12-16(20)11-14-3-6-15(18)7-4-14/h3-4,6-7,13H,2,5,8-12H2,1H3. The summed E-state index contributed by atoms with van der Waals surface area (Å²) in [5, 5.41) is 0. The van der Waals surface area contributed by atoms with Crippen molar-refractivity contribution in [1.82, 2.24) is 4.90 Å². The Morgan fingerprint density at radius 1 is 1.29 bits per heavy atom. The summed E-state index contributed by atoms with van der Waals surface area (Å²) in [4.78, 5) is 25.8. The Balaban J connectivity index is 1.89. The van der Waals surface area contributed by atoms with Crippen LogP contribution in [-0.2, 0) is 16.0 Å². The molecule has 0 saturated carbocycles. The highest BCUT2D eigenvalue weighted by atomic mass is 19.1. The molecule has 0 radical (unpaired) electrons. The van der Waals surface area contributed by atoms with Gasteiger partial charge in [0.1, 0.15) is 5.82 Å². The lowest BCUT2D eigenvalue weighted by atomic mass is 9.98. The normalized spacial score (nSPS) is 19.4. The fourth-order valence-corrected chi connectivity index (χ4v) is 2.77. The second kappa shape index (κ2) is 7.34. The molecule has 1 atom stereocenters. The summed E-state index contributed by atoms with van der Waals surface area (Å²) < 4.78 is 12.8. The van der Waals surface area contributed by atoms with Gasteiger partial charge in [-0.05, 0) is 36.5 Å².